The van der Waals surface area contributed by atoms with E-state index in [0.717, 1.165) is 19.3 Å². The lowest BCUT2D eigenvalue weighted by atomic mass is 9.94. The first-order valence-corrected chi connectivity index (χ1v) is 4.54. The van der Waals surface area contributed by atoms with Crippen LogP contribution in [0, 0.1) is 0 Å². The molecule has 1 amide bonds. The first kappa shape index (κ1) is 8.29. The highest BCUT2D eigenvalue weighted by Gasteiger charge is 2.19. The molecule has 0 fully saturated rings. The fourth-order valence-electron chi connectivity index (χ4n) is 1.83. The Bertz CT molecular complexity index is 318. The number of hydrogen-bond acceptors (Lipinski definition) is 2. The summed E-state index contributed by atoms with van der Waals surface area (Å²) in [6.07, 6.45) is 4.75. The van der Waals surface area contributed by atoms with E-state index in [1.165, 1.54) is 11.3 Å². The minimum Gasteiger partial charge on any atom is -0.353 e. The normalized spacial score (nSPS) is 20.8. The quantitative estimate of drug-likeness (QED) is 0.655. The Labute approximate surface area is 76.7 Å². The van der Waals surface area contributed by atoms with E-state index in [9.17, 15) is 4.79 Å². The zero-order chi connectivity index (χ0) is 9.26. The molecule has 70 valence electrons. The Kier molecular flexibility index (Phi) is 2.04. The molecule has 0 radical (unpaired) electrons. The third-order valence-electron chi connectivity index (χ3n) is 2.42. The van der Waals surface area contributed by atoms with Crippen LogP contribution in [0.4, 0.5) is 0 Å². The number of aromatic nitrogens is 2. The summed E-state index contributed by atoms with van der Waals surface area (Å²) in [5, 5.41) is 9.88. The van der Waals surface area contributed by atoms with Gasteiger partial charge in [0.1, 0.15) is 0 Å². The van der Waals surface area contributed by atoms with Gasteiger partial charge in [0.15, 0.2) is 0 Å². The van der Waals surface area contributed by atoms with Crippen molar-refractivity contribution >= 4 is 5.91 Å². The van der Waals surface area contributed by atoms with Gasteiger partial charge in [0, 0.05) is 18.7 Å². The molecule has 0 aromatic carbocycles. The standard InChI is InChI=1S/C9H13N3O/c1-6(13)11-8-2-3-9-7(4-8)5-10-12-9/h5,8H,2-4H2,1H3,(H,10,12)(H,11,13)/t8-/m0/s1. The molecule has 1 aliphatic rings. The Hall–Kier alpha value is -1.32. The van der Waals surface area contributed by atoms with E-state index < -0.39 is 0 Å². The van der Waals surface area contributed by atoms with Crippen molar-refractivity contribution in [2.75, 3.05) is 0 Å². The van der Waals surface area contributed by atoms with Gasteiger partial charge in [0.05, 0.1) is 6.20 Å². The summed E-state index contributed by atoms with van der Waals surface area (Å²) in [4.78, 5) is 10.8. The van der Waals surface area contributed by atoms with Crippen molar-refractivity contribution < 1.29 is 4.79 Å². The third-order valence-corrected chi connectivity index (χ3v) is 2.42. The molecule has 0 saturated carbocycles. The molecule has 4 heteroatoms. The van der Waals surface area contributed by atoms with Crippen molar-refractivity contribution in [3.05, 3.63) is 17.5 Å². The van der Waals surface area contributed by atoms with Gasteiger partial charge < -0.3 is 5.32 Å². The van der Waals surface area contributed by atoms with Crippen molar-refractivity contribution in [2.45, 2.75) is 32.2 Å². The second kappa shape index (κ2) is 3.20. The molecule has 1 atom stereocenters. The number of aromatic amines is 1. The van der Waals surface area contributed by atoms with Crippen molar-refractivity contribution in [3.8, 4) is 0 Å². The highest BCUT2D eigenvalue weighted by molar-refractivity contribution is 5.73. The Morgan fingerprint density at radius 3 is 3.38 bits per heavy atom. The Balaban J connectivity index is 2.04. The minimum absolute atomic E-state index is 0.0527. The maximum absolute atomic E-state index is 10.8. The molecule has 1 aromatic heterocycles. The maximum atomic E-state index is 10.8. The molecule has 1 aromatic rings. The average Bonchev–Trinajstić information content (AvgIpc) is 2.49. The maximum Gasteiger partial charge on any atom is 0.217 e. The lowest BCUT2D eigenvalue weighted by molar-refractivity contribution is -0.119. The van der Waals surface area contributed by atoms with Crippen molar-refractivity contribution in [1.82, 2.24) is 15.5 Å². The Morgan fingerprint density at radius 2 is 2.62 bits per heavy atom. The van der Waals surface area contributed by atoms with Crippen molar-refractivity contribution in [2.24, 2.45) is 0 Å². The number of nitrogens with zero attached hydrogens (tertiary/aromatic N) is 1. The number of nitrogens with one attached hydrogen (secondary N) is 2. The third kappa shape index (κ3) is 1.71. The van der Waals surface area contributed by atoms with E-state index in [1.807, 2.05) is 6.20 Å². The van der Waals surface area contributed by atoms with Gasteiger partial charge in [0.2, 0.25) is 5.91 Å². The zero-order valence-electron chi connectivity index (χ0n) is 7.63. The smallest absolute Gasteiger partial charge is 0.217 e. The number of fused-ring (bicyclic) bond motifs is 1. The molecule has 1 aliphatic carbocycles. The van der Waals surface area contributed by atoms with E-state index in [0.29, 0.717) is 6.04 Å². The summed E-state index contributed by atoms with van der Waals surface area (Å²) in [6.45, 7) is 1.56. The van der Waals surface area contributed by atoms with Crippen LogP contribution in [0.2, 0.25) is 0 Å². The molecule has 0 spiro atoms. The van der Waals surface area contributed by atoms with Gasteiger partial charge in [-0.1, -0.05) is 0 Å². The number of H-pyrrole nitrogens is 1. The highest BCUT2D eigenvalue weighted by atomic mass is 16.1. The summed E-state index contributed by atoms with van der Waals surface area (Å²) >= 11 is 0. The number of carbonyl (C=O) groups is 1. The average molecular weight is 179 g/mol. The van der Waals surface area contributed by atoms with E-state index in [-0.39, 0.29) is 5.91 Å². The summed E-state index contributed by atoms with van der Waals surface area (Å²) in [7, 11) is 0. The lowest BCUT2D eigenvalue weighted by Crippen LogP contribution is -2.37. The summed E-state index contributed by atoms with van der Waals surface area (Å²) in [5.41, 5.74) is 2.46. The summed E-state index contributed by atoms with van der Waals surface area (Å²) < 4.78 is 0. The first-order chi connectivity index (χ1) is 6.25. The van der Waals surface area contributed by atoms with Crippen LogP contribution < -0.4 is 5.32 Å². The fourth-order valence-corrected chi connectivity index (χ4v) is 1.83. The van der Waals surface area contributed by atoms with E-state index >= 15 is 0 Å². The van der Waals surface area contributed by atoms with Gasteiger partial charge in [0.25, 0.3) is 0 Å². The van der Waals surface area contributed by atoms with Crippen molar-refractivity contribution in [3.63, 3.8) is 0 Å². The molecule has 0 bridgehead atoms. The number of hydrogen-bond donors (Lipinski definition) is 2. The molecule has 2 N–H and O–H groups in total. The van der Waals surface area contributed by atoms with Crippen molar-refractivity contribution in [1.29, 1.82) is 0 Å². The van der Waals surface area contributed by atoms with Crippen LogP contribution in [-0.2, 0) is 17.6 Å². The molecule has 0 unspecified atom stereocenters. The minimum atomic E-state index is 0.0527. The van der Waals surface area contributed by atoms with Gasteiger partial charge in [-0.3, -0.25) is 9.89 Å². The largest absolute Gasteiger partial charge is 0.353 e. The monoisotopic (exact) mass is 179 g/mol. The van der Waals surface area contributed by atoms with Gasteiger partial charge >= 0.3 is 0 Å². The second-order valence-corrected chi connectivity index (χ2v) is 3.51. The van der Waals surface area contributed by atoms with Gasteiger partial charge in [-0.25, -0.2) is 0 Å². The summed E-state index contributed by atoms with van der Waals surface area (Å²) in [5.74, 6) is 0.0527. The molecule has 0 aliphatic heterocycles. The molecule has 0 saturated heterocycles. The van der Waals surface area contributed by atoms with Crippen LogP contribution in [0.15, 0.2) is 6.20 Å². The topological polar surface area (TPSA) is 57.8 Å². The number of aryl methyl sites for hydroxylation is 1. The highest BCUT2D eigenvalue weighted by Crippen LogP contribution is 2.18. The molecule has 2 rings (SSSR count). The molecular formula is C9H13N3O. The van der Waals surface area contributed by atoms with Gasteiger partial charge in [-0.2, -0.15) is 5.10 Å². The molecule has 13 heavy (non-hydrogen) atoms. The van der Waals surface area contributed by atoms with Crippen LogP contribution in [0.5, 0.6) is 0 Å². The van der Waals surface area contributed by atoms with Crippen LogP contribution in [0.1, 0.15) is 24.6 Å². The predicted octanol–water partition coefficient (Wildman–Crippen LogP) is 0.403. The first-order valence-electron chi connectivity index (χ1n) is 4.54. The van der Waals surface area contributed by atoms with Crippen LogP contribution in [0.3, 0.4) is 0 Å². The van der Waals surface area contributed by atoms with E-state index in [4.69, 9.17) is 0 Å². The van der Waals surface area contributed by atoms with E-state index in [1.54, 1.807) is 6.92 Å². The van der Waals surface area contributed by atoms with Crippen LogP contribution in [0.25, 0.3) is 0 Å². The SMILES string of the molecule is CC(=O)N[C@H]1CCc2[nH]ncc2C1. The second-order valence-electron chi connectivity index (χ2n) is 3.51. The van der Waals surface area contributed by atoms with Gasteiger partial charge in [-0.15, -0.1) is 0 Å². The molecular weight excluding hydrogens is 166 g/mol. The lowest BCUT2D eigenvalue weighted by Gasteiger charge is -2.21. The molecule has 1 heterocycles. The predicted molar refractivity (Wildman–Crippen MR) is 48.2 cm³/mol. The molecule has 4 nitrogen and oxygen atoms in total. The summed E-state index contributed by atoms with van der Waals surface area (Å²) in [6, 6.07) is 0.294. The van der Waals surface area contributed by atoms with E-state index in [2.05, 4.69) is 15.5 Å². The Morgan fingerprint density at radius 1 is 1.77 bits per heavy atom. The number of amides is 1. The van der Waals surface area contributed by atoms with Gasteiger partial charge in [-0.05, 0) is 24.8 Å². The van der Waals surface area contributed by atoms with Crippen LogP contribution >= 0.6 is 0 Å². The fraction of sp³-hybridized carbons (Fsp3) is 0.556. The zero-order valence-corrected chi connectivity index (χ0v) is 7.63. The van der Waals surface area contributed by atoms with Crippen LogP contribution in [-0.4, -0.2) is 22.1 Å². The number of carbonyl (C=O) groups excluding carboxylic acids is 1. The number of rotatable bonds is 1.